The number of rotatable bonds is 23. The molecule has 2 unspecified atom stereocenters. The van der Waals surface area contributed by atoms with E-state index >= 15 is 0 Å². The third kappa shape index (κ3) is 14.7. The lowest BCUT2D eigenvalue weighted by Crippen LogP contribution is -2.50. The van der Waals surface area contributed by atoms with Gasteiger partial charge in [0.15, 0.2) is 0 Å². The molecule has 0 heterocycles. The number of hydrogen-bond donors (Lipinski definition) is 0. The van der Waals surface area contributed by atoms with Gasteiger partial charge in [0.25, 0.3) is 0 Å². The Labute approximate surface area is 226 Å². The predicted molar refractivity (Wildman–Crippen MR) is 159 cm³/mol. The average Bonchev–Trinajstić information content (AvgIpc) is 2.87. The van der Waals surface area contributed by atoms with Gasteiger partial charge < -0.3 is 8.97 Å². The lowest BCUT2D eigenvalue weighted by Gasteiger charge is -2.38. The highest BCUT2D eigenvalue weighted by Gasteiger charge is 2.26. The number of carbonyl (C=O) groups excluding carboxylic acids is 2. The molecule has 0 aliphatic carbocycles. The van der Waals surface area contributed by atoms with Gasteiger partial charge in [-0.3, -0.25) is 9.59 Å². The number of hydrogen-bond acceptors (Lipinski definition) is 4. The Bertz CT molecular complexity index is 626. The number of carbonyl (C=O) groups is 2. The summed E-state index contributed by atoms with van der Waals surface area (Å²) in [7, 11) is 0. The van der Waals surface area contributed by atoms with Crippen LogP contribution in [0.2, 0.25) is 0 Å². The van der Waals surface area contributed by atoms with Crippen LogP contribution in [0, 0.1) is 0 Å². The second-order valence-corrected chi connectivity index (χ2v) is 12.1. The first kappa shape index (κ1) is 34.4. The van der Waals surface area contributed by atoms with Crippen LogP contribution in [0.5, 0.6) is 0 Å². The minimum Gasteiger partial charge on any atom is -0.323 e. The van der Waals surface area contributed by atoms with Crippen molar-refractivity contribution in [2.24, 2.45) is 0 Å². The van der Waals surface area contributed by atoms with Gasteiger partial charge in [-0.25, -0.2) is 0 Å². The van der Waals surface area contributed by atoms with E-state index in [1.807, 2.05) is 0 Å². The number of thioether (sulfide) groups is 2. The molecule has 0 bridgehead atoms. The standard InChI is InChI=1S/C29H56N2O2S2/c1-8-14-20-30(12-5,19-10-3)24-26-35-29(33)27(7)18-16-17-22-31(13-6,21-15-9-2)23-25-34-28(32)11-4/h11H,4,7-10,12-26H2,1-3,5-6H3/q+2. The molecule has 204 valence electrons. The molecule has 0 rings (SSSR count). The molecule has 6 heteroatoms. The fraction of sp³-hybridized carbons (Fsp3) is 0.793. The van der Waals surface area contributed by atoms with Gasteiger partial charge in [-0.1, -0.05) is 70.3 Å². The molecule has 0 aromatic carbocycles. The molecule has 0 amide bonds. The van der Waals surface area contributed by atoms with Crippen molar-refractivity contribution in [2.75, 3.05) is 63.9 Å². The normalized spacial score (nSPS) is 14.8. The number of quaternary nitrogens is 2. The lowest BCUT2D eigenvalue weighted by molar-refractivity contribution is -0.924. The largest absolute Gasteiger partial charge is 0.323 e. The van der Waals surface area contributed by atoms with Gasteiger partial charge in [-0.15, -0.1) is 0 Å². The van der Waals surface area contributed by atoms with Crippen molar-refractivity contribution >= 4 is 33.8 Å². The maximum Gasteiger partial charge on any atom is 0.214 e. The Balaban J connectivity index is 4.60. The summed E-state index contributed by atoms with van der Waals surface area (Å²) in [6.45, 7) is 28.1. The maximum absolute atomic E-state index is 12.7. The highest BCUT2D eigenvalue weighted by Crippen LogP contribution is 2.20. The quantitative estimate of drug-likeness (QED) is 0.0804. The summed E-state index contributed by atoms with van der Waals surface area (Å²) in [5, 5.41) is 0.254. The second-order valence-electron chi connectivity index (χ2n) is 9.93. The van der Waals surface area contributed by atoms with Gasteiger partial charge in [0.1, 0.15) is 0 Å². The number of unbranched alkanes of at least 4 members (excludes halogenated alkanes) is 3. The summed E-state index contributed by atoms with van der Waals surface area (Å²) >= 11 is 2.86. The summed E-state index contributed by atoms with van der Waals surface area (Å²) in [4.78, 5) is 24.3. The molecule has 2 atom stereocenters. The van der Waals surface area contributed by atoms with Crippen LogP contribution in [0.4, 0.5) is 0 Å². The summed E-state index contributed by atoms with van der Waals surface area (Å²) < 4.78 is 2.20. The van der Waals surface area contributed by atoms with E-state index in [1.165, 1.54) is 81.3 Å². The zero-order valence-corrected chi connectivity index (χ0v) is 25.4. The minimum absolute atomic E-state index is 0.0667. The van der Waals surface area contributed by atoms with Crippen molar-refractivity contribution in [2.45, 2.75) is 86.0 Å². The van der Waals surface area contributed by atoms with Crippen molar-refractivity contribution in [1.29, 1.82) is 0 Å². The van der Waals surface area contributed by atoms with E-state index in [9.17, 15) is 9.59 Å². The van der Waals surface area contributed by atoms with Crippen LogP contribution in [0.15, 0.2) is 24.8 Å². The van der Waals surface area contributed by atoms with E-state index in [1.54, 1.807) is 0 Å². The van der Waals surface area contributed by atoms with Crippen molar-refractivity contribution in [3.63, 3.8) is 0 Å². The highest BCUT2D eigenvalue weighted by atomic mass is 32.2. The molecule has 0 aromatic heterocycles. The molecular formula is C29H56N2O2S2+2. The zero-order valence-electron chi connectivity index (χ0n) is 23.7. The Hall–Kier alpha value is -0.560. The fourth-order valence-corrected chi connectivity index (χ4v) is 6.57. The minimum atomic E-state index is 0.0667. The molecule has 0 radical (unpaired) electrons. The van der Waals surface area contributed by atoms with Crippen LogP contribution >= 0.6 is 23.5 Å². The van der Waals surface area contributed by atoms with Crippen molar-refractivity contribution in [3.05, 3.63) is 24.8 Å². The third-order valence-corrected chi connectivity index (χ3v) is 9.21. The molecule has 4 nitrogen and oxygen atoms in total. The van der Waals surface area contributed by atoms with E-state index in [4.69, 9.17) is 0 Å². The molecule has 0 spiro atoms. The van der Waals surface area contributed by atoms with Gasteiger partial charge in [0.2, 0.25) is 10.2 Å². The zero-order chi connectivity index (χ0) is 26.6. The predicted octanol–water partition coefficient (Wildman–Crippen LogP) is 7.10. The van der Waals surface area contributed by atoms with Crippen LogP contribution in [0.3, 0.4) is 0 Å². The first-order valence-corrected chi connectivity index (χ1v) is 16.1. The summed E-state index contributed by atoms with van der Waals surface area (Å²) in [6.07, 6.45) is 10.4. The fourth-order valence-electron chi connectivity index (χ4n) is 4.80. The van der Waals surface area contributed by atoms with Crippen molar-refractivity contribution in [1.82, 2.24) is 0 Å². The molecule has 0 aliphatic rings. The molecular weight excluding hydrogens is 472 g/mol. The number of nitrogens with zero attached hydrogens (tertiary/aromatic N) is 2. The Morgan fingerprint density at radius 2 is 1.20 bits per heavy atom. The van der Waals surface area contributed by atoms with Gasteiger partial charge in [0.05, 0.1) is 63.9 Å². The molecule has 0 saturated heterocycles. The Kier molecular flexibility index (Phi) is 20.2. The molecule has 0 fully saturated rings. The monoisotopic (exact) mass is 528 g/mol. The topological polar surface area (TPSA) is 34.1 Å². The van der Waals surface area contributed by atoms with E-state index in [2.05, 4.69) is 47.8 Å². The van der Waals surface area contributed by atoms with Gasteiger partial charge >= 0.3 is 0 Å². The SMILES string of the molecule is C=CC(=O)SCC[N+](CC)(CCCC)CCCCC(=C)C(=O)SCC[N+](CC)(CCC)CCCC. The van der Waals surface area contributed by atoms with E-state index in [0.717, 1.165) is 78.0 Å². The molecule has 35 heavy (non-hydrogen) atoms. The van der Waals surface area contributed by atoms with E-state index in [-0.39, 0.29) is 10.2 Å². The Morgan fingerprint density at radius 1 is 0.686 bits per heavy atom. The molecule has 0 N–H and O–H groups in total. The first-order valence-electron chi connectivity index (χ1n) is 14.1. The third-order valence-electron chi connectivity index (χ3n) is 7.44. The Morgan fingerprint density at radius 3 is 1.69 bits per heavy atom. The van der Waals surface area contributed by atoms with E-state index < -0.39 is 0 Å². The lowest BCUT2D eigenvalue weighted by atomic mass is 10.1. The van der Waals surface area contributed by atoms with Crippen molar-refractivity contribution < 1.29 is 18.6 Å². The van der Waals surface area contributed by atoms with Crippen LogP contribution in [-0.4, -0.2) is 83.1 Å². The second kappa shape index (κ2) is 20.5. The van der Waals surface area contributed by atoms with Crippen LogP contribution in [0.25, 0.3) is 0 Å². The molecule has 0 saturated carbocycles. The van der Waals surface area contributed by atoms with Gasteiger partial charge in [0, 0.05) is 0 Å². The molecule has 0 aliphatic heterocycles. The summed E-state index contributed by atoms with van der Waals surface area (Å²) in [5.74, 6) is 1.74. The molecule has 0 aromatic rings. The van der Waals surface area contributed by atoms with Crippen LogP contribution in [0.1, 0.15) is 86.0 Å². The van der Waals surface area contributed by atoms with Crippen LogP contribution < -0.4 is 0 Å². The summed E-state index contributed by atoms with van der Waals surface area (Å²) in [5.41, 5.74) is 0.781. The highest BCUT2D eigenvalue weighted by molar-refractivity contribution is 8.14. The summed E-state index contributed by atoms with van der Waals surface area (Å²) in [6, 6.07) is 0. The smallest absolute Gasteiger partial charge is 0.214 e. The van der Waals surface area contributed by atoms with Gasteiger partial charge in [-0.2, -0.15) is 0 Å². The van der Waals surface area contributed by atoms with Gasteiger partial charge in [-0.05, 0) is 64.0 Å². The average molecular weight is 529 g/mol. The maximum atomic E-state index is 12.7. The van der Waals surface area contributed by atoms with E-state index in [0.29, 0.717) is 0 Å². The first-order chi connectivity index (χ1) is 16.8. The van der Waals surface area contributed by atoms with Crippen LogP contribution in [-0.2, 0) is 9.59 Å². The van der Waals surface area contributed by atoms with Crippen molar-refractivity contribution in [3.8, 4) is 0 Å².